The average Bonchev–Trinajstić information content (AvgIpc) is 2.86. The van der Waals surface area contributed by atoms with E-state index >= 15 is 0 Å². The molecule has 0 aliphatic heterocycles. The smallest absolute Gasteiger partial charge is 0.273 e. The third-order valence-electron chi connectivity index (χ3n) is 2.56. The summed E-state index contributed by atoms with van der Waals surface area (Å²) in [6, 6.07) is 9.19. The van der Waals surface area contributed by atoms with E-state index in [-0.39, 0.29) is 8.68 Å². The molecular weight excluding hydrogens is 318 g/mol. The van der Waals surface area contributed by atoms with Crippen molar-refractivity contribution in [2.24, 2.45) is 0 Å². The summed E-state index contributed by atoms with van der Waals surface area (Å²) in [5, 5.41) is 0.857. The summed E-state index contributed by atoms with van der Waals surface area (Å²) in [5.74, 6) is 0. The van der Waals surface area contributed by atoms with E-state index in [1.165, 1.54) is 12.4 Å². The Kier molecular flexibility index (Phi) is 3.33. The van der Waals surface area contributed by atoms with E-state index in [4.69, 9.17) is 11.6 Å². The van der Waals surface area contributed by atoms with Crippen molar-refractivity contribution in [3.63, 3.8) is 0 Å². The number of aromatic nitrogens is 2. The van der Waals surface area contributed by atoms with E-state index in [2.05, 4.69) is 14.7 Å². The van der Waals surface area contributed by atoms with Gasteiger partial charge in [0.15, 0.2) is 8.68 Å². The third-order valence-corrected chi connectivity index (χ3v) is 5.52. The summed E-state index contributed by atoms with van der Waals surface area (Å²) in [6.45, 7) is 0. The van der Waals surface area contributed by atoms with Crippen LogP contribution in [0.2, 0.25) is 4.47 Å². The van der Waals surface area contributed by atoms with Gasteiger partial charge in [-0.05, 0) is 12.1 Å². The number of rotatable bonds is 3. The van der Waals surface area contributed by atoms with Gasteiger partial charge in [0.2, 0.25) is 0 Å². The molecule has 1 N–H and O–H groups in total. The lowest BCUT2D eigenvalue weighted by atomic mass is 10.2. The van der Waals surface area contributed by atoms with Gasteiger partial charge in [-0.2, -0.15) is 0 Å². The Morgan fingerprint density at radius 2 is 1.95 bits per heavy atom. The molecule has 0 saturated carbocycles. The molecule has 0 fully saturated rings. The Balaban J connectivity index is 1.96. The van der Waals surface area contributed by atoms with Gasteiger partial charge in [0, 0.05) is 5.39 Å². The van der Waals surface area contributed by atoms with Gasteiger partial charge in [0.1, 0.15) is 0 Å². The van der Waals surface area contributed by atoms with Crippen LogP contribution in [-0.2, 0) is 10.0 Å². The molecule has 102 valence electrons. The molecule has 0 amide bonds. The van der Waals surface area contributed by atoms with Crippen molar-refractivity contribution in [2.45, 2.75) is 4.21 Å². The molecule has 0 radical (unpaired) electrons. The first-order valence-electron chi connectivity index (χ1n) is 5.53. The van der Waals surface area contributed by atoms with Gasteiger partial charge in [-0.1, -0.05) is 41.1 Å². The van der Waals surface area contributed by atoms with E-state index in [0.717, 1.165) is 22.2 Å². The van der Waals surface area contributed by atoms with E-state index in [1.54, 1.807) is 6.07 Å². The van der Waals surface area contributed by atoms with Crippen LogP contribution in [0.25, 0.3) is 10.9 Å². The summed E-state index contributed by atoms with van der Waals surface area (Å²) in [4.78, 5) is 7.92. The molecule has 5 nitrogen and oxygen atoms in total. The first kappa shape index (κ1) is 13.3. The minimum Gasteiger partial charge on any atom is -0.277 e. The second-order valence-electron chi connectivity index (χ2n) is 3.95. The number of anilines is 1. The number of sulfonamides is 1. The molecule has 2 heterocycles. The predicted octanol–water partition coefficient (Wildman–Crippen LogP) is 3.15. The lowest BCUT2D eigenvalue weighted by Gasteiger charge is -2.06. The van der Waals surface area contributed by atoms with Crippen molar-refractivity contribution >= 4 is 49.6 Å². The minimum atomic E-state index is -3.68. The number of hydrogen-bond acceptors (Lipinski definition) is 5. The fraction of sp³-hybridized carbons (Fsp3) is 0. The van der Waals surface area contributed by atoms with Crippen LogP contribution >= 0.6 is 22.9 Å². The Bertz CT molecular complexity index is 877. The molecule has 1 aromatic carbocycles. The molecule has 0 aliphatic carbocycles. The topological polar surface area (TPSA) is 72.0 Å². The molecule has 0 atom stereocenters. The fourth-order valence-electron chi connectivity index (χ4n) is 1.70. The fourth-order valence-corrected chi connectivity index (χ4v) is 4.02. The van der Waals surface area contributed by atoms with Gasteiger partial charge < -0.3 is 0 Å². The number of para-hydroxylation sites is 1. The Morgan fingerprint density at radius 3 is 2.70 bits per heavy atom. The zero-order valence-corrected chi connectivity index (χ0v) is 12.3. The number of halogens is 1. The number of fused-ring (bicyclic) bond motifs is 1. The van der Waals surface area contributed by atoms with Crippen LogP contribution in [0.3, 0.4) is 0 Å². The molecule has 0 unspecified atom stereocenters. The maximum Gasteiger partial charge on any atom is 0.273 e. The Morgan fingerprint density at radius 1 is 1.15 bits per heavy atom. The summed E-state index contributed by atoms with van der Waals surface area (Å²) in [7, 11) is -3.68. The number of benzene rings is 1. The van der Waals surface area contributed by atoms with Crippen LogP contribution in [0.5, 0.6) is 0 Å². The largest absolute Gasteiger partial charge is 0.277 e. The first-order chi connectivity index (χ1) is 9.54. The molecule has 3 aromatic rings. The standard InChI is InChI=1S/C12H8ClN3O2S2/c13-12-15-7-11(19-12)20(17,18)16-9-5-8-3-1-2-4-10(8)14-6-9/h1-7,16H. The van der Waals surface area contributed by atoms with Gasteiger partial charge in [0.05, 0.1) is 23.6 Å². The highest BCUT2D eigenvalue weighted by Gasteiger charge is 2.17. The molecule has 8 heteroatoms. The van der Waals surface area contributed by atoms with E-state index < -0.39 is 10.0 Å². The monoisotopic (exact) mass is 325 g/mol. The predicted molar refractivity (Wildman–Crippen MR) is 79.7 cm³/mol. The van der Waals surface area contributed by atoms with Gasteiger partial charge in [-0.15, -0.1) is 0 Å². The van der Waals surface area contributed by atoms with E-state index in [1.807, 2.05) is 24.3 Å². The van der Waals surface area contributed by atoms with Crippen LogP contribution in [-0.4, -0.2) is 18.4 Å². The van der Waals surface area contributed by atoms with Crippen molar-refractivity contribution in [3.05, 3.63) is 47.2 Å². The molecule has 2 aromatic heterocycles. The number of nitrogens with one attached hydrogen (secondary N) is 1. The number of pyridine rings is 1. The maximum atomic E-state index is 12.1. The second-order valence-corrected chi connectivity index (χ2v) is 7.48. The molecular formula is C12H8ClN3O2S2. The van der Waals surface area contributed by atoms with Crippen molar-refractivity contribution in [1.82, 2.24) is 9.97 Å². The minimum absolute atomic E-state index is 0.0654. The Labute approximate surface area is 124 Å². The van der Waals surface area contributed by atoms with Crippen LogP contribution in [0.1, 0.15) is 0 Å². The van der Waals surface area contributed by atoms with Gasteiger partial charge >= 0.3 is 0 Å². The van der Waals surface area contributed by atoms with Crippen molar-refractivity contribution in [2.75, 3.05) is 4.72 Å². The summed E-state index contributed by atoms with van der Waals surface area (Å²) in [5.41, 5.74) is 1.20. The molecule has 0 saturated heterocycles. The van der Waals surface area contributed by atoms with Crippen LogP contribution in [0.4, 0.5) is 5.69 Å². The zero-order chi connectivity index (χ0) is 14.2. The van der Waals surface area contributed by atoms with Crippen LogP contribution < -0.4 is 4.72 Å². The highest BCUT2D eigenvalue weighted by atomic mass is 35.5. The summed E-state index contributed by atoms with van der Waals surface area (Å²) in [6.07, 6.45) is 2.70. The third kappa shape index (κ3) is 2.60. The number of thiazole rings is 1. The van der Waals surface area contributed by atoms with Gasteiger partial charge in [-0.3, -0.25) is 9.71 Å². The van der Waals surface area contributed by atoms with Crippen molar-refractivity contribution in [3.8, 4) is 0 Å². The van der Waals surface area contributed by atoms with E-state index in [9.17, 15) is 8.42 Å². The first-order valence-corrected chi connectivity index (χ1v) is 8.21. The van der Waals surface area contributed by atoms with Crippen LogP contribution in [0, 0.1) is 0 Å². The number of nitrogens with zero attached hydrogens (tertiary/aromatic N) is 2. The SMILES string of the molecule is O=S(=O)(Nc1cnc2ccccc2c1)c1cnc(Cl)s1. The summed E-state index contributed by atoms with van der Waals surface area (Å²) >= 11 is 6.55. The average molecular weight is 326 g/mol. The van der Waals surface area contributed by atoms with Crippen LogP contribution in [0.15, 0.2) is 46.9 Å². The molecule has 0 spiro atoms. The van der Waals surface area contributed by atoms with Gasteiger partial charge in [0.25, 0.3) is 10.0 Å². The summed E-state index contributed by atoms with van der Waals surface area (Å²) < 4.78 is 27.0. The Hall–Kier alpha value is -1.70. The molecule has 20 heavy (non-hydrogen) atoms. The lowest BCUT2D eigenvalue weighted by Crippen LogP contribution is -2.11. The molecule has 0 aliphatic rings. The maximum absolute atomic E-state index is 12.1. The highest BCUT2D eigenvalue weighted by molar-refractivity contribution is 7.94. The molecule has 3 rings (SSSR count). The zero-order valence-electron chi connectivity index (χ0n) is 9.95. The number of hydrogen-bond donors (Lipinski definition) is 1. The lowest BCUT2D eigenvalue weighted by molar-refractivity contribution is 0.603. The quantitative estimate of drug-likeness (QED) is 0.803. The second kappa shape index (κ2) is 5.01. The highest BCUT2D eigenvalue weighted by Crippen LogP contribution is 2.25. The van der Waals surface area contributed by atoms with E-state index in [0.29, 0.717) is 5.69 Å². The molecule has 0 bridgehead atoms. The normalized spacial score (nSPS) is 11.7. The van der Waals surface area contributed by atoms with Gasteiger partial charge in [-0.25, -0.2) is 13.4 Å². The van der Waals surface area contributed by atoms with Crippen molar-refractivity contribution < 1.29 is 8.42 Å². The van der Waals surface area contributed by atoms with Crippen molar-refractivity contribution in [1.29, 1.82) is 0 Å².